The number of morpholine rings is 1. The molecule has 4 aromatic rings. The number of carbonyl (C=O) groups excluding carboxylic acids is 1. The molecule has 36 heavy (non-hydrogen) atoms. The number of nitrogens with zero attached hydrogens (tertiary/aromatic N) is 4. The van der Waals surface area contributed by atoms with Crippen LogP contribution in [-0.2, 0) is 9.53 Å². The Kier molecular flexibility index (Phi) is 6.81. The number of anilines is 4. The van der Waals surface area contributed by atoms with Gasteiger partial charge in [0.15, 0.2) is 0 Å². The number of aromatic nitrogens is 3. The molecule has 9 heteroatoms. The van der Waals surface area contributed by atoms with E-state index in [1.807, 2.05) is 30.3 Å². The van der Waals surface area contributed by atoms with Gasteiger partial charge >= 0.3 is 0 Å². The highest BCUT2D eigenvalue weighted by Crippen LogP contribution is 2.29. The number of allylic oxidation sites excluding steroid dienone is 1. The summed E-state index contributed by atoms with van der Waals surface area (Å²) in [4.78, 5) is 27.9. The van der Waals surface area contributed by atoms with E-state index in [1.165, 1.54) is 6.92 Å². The molecular formula is C27H25FN6O2. The van der Waals surface area contributed by atoms with Crippen molar-refractivity contribution in [1.82, 2.24) is 15.0 Å². The van der Waals surface area contributed by atoms with Gasteiger partial charge in [-0.05, 0) is 43.3 Å². The molecule has 0 radical (unpaired) electrons. The summed E-state index contributed by atoms with van der Waals surface area (Å²) in [5.74, 6) is -0.649. The molecule has 0 saturated carbocycles. The highest BCUT2D eigenvalue weighted by molar-refractivity contribution is 6.00. The Labute approximate surface area is 207 Å². The lowest BCUT2D eigenvalue weighted by atomic mass is 10.1. The van der Waals surface area contributed by atoms with Gasteiger partial charge in [0.05, 0.1) is 24.4 Å². The number of carbonyl (C=O) groups is 1. The molecule has 3 heterocycles. The van der Waals surface area contributed by atoms with Crippen LogP contribution in [-0.4, -0.2) is 47.2 Å². The van der Waals surface area contributed by atoms with Crippen molar-refractivity contribution >= 4 is 39.8 Å². The van der Waals surface area contributed by atoms with Gasteiger partial charge in [-0.2, -0.15) is 0 Å². The Bertz CT molecular complexity index is 1410. The van der Waals surface area contributed by atoms with Gasteiger partial charge in [-0.3, -0.25) is 9.78 Å². The highest BCUT2D eigenvalue weighted by Gasteiger charge is 2.12. The highest BCUT2D eigenvalue weighted by atomic mass is 19.1. The van der Waals surface area contributed by atoms with Crippen LogP contribution in [0, 0.1) is 0 Å². The average molecular weight is 485 g/mol. The van der Waals surface area contributed by atoms with Gasteiger partial charge in [0, 0.05) is 59.6 Å². The number of rotatable bonds is 6. The number of fused-ring (bicyclic) bond motifs is 1. The number of hydrogen-bond acceptors (Lipinski definition) is 7. The maximum atomic E-state index is 13.0. The first-order chi connectivity index (χ1) is 17.5. The monoisotopic (exact) mass is 484 g/mol. The second kappa shape index (κ2) is 10.5. The molecule has 0 bridgehead atoms. The molecule has 0 aliphatic carbocycles. The molecule has 5 rings (SSSR count). The lowest BCUT2D eigenvalue weighted by molar-refractivity contribution is -0.112. The molecule has 1 aliphatic rings. The zero-order valence-electron chi connectivity index (χ0n) is 19.7. The van der Waals surface area contributed by atoms with Gasteiger partial charge in [0.1, 0.15) is 5.83 Å². The molecule has 1 aliphatic heterocycles. The molecule has 0 unspecified atom stereocenters. The van der Waals surface area contributed by atoms with Gasteiger partial charge < -0.3 is 20.3 Å². The zero-order chi connectivity index (χ0) is 24.9. The lowest BCUT2D eigenvalue weighted by Gasteiger charge is -2.28. The minimum atomic E-state index is -0.566. The predicted octanol–water partition coefficient (Wildman–Crippen LogP) is 5.08. The van der Waals surface area contributed by atoms with E-state index in [0.29, 0.717) is 17.3 Å². The zero-order valence-corrected chi connectivity index (χ0v) is 19.7. The summed E-state index contributed by atoms with van der Waals surface area (Å²) >= 11 is 0. The fourth-order valence-electron chi connectivity index (χ4n) is 4.04. The maximum Gasteiger partial charge on any atom is 0.250 e. The number of hydrogen-bond donors (Lipinski definition) is 2. The average Bonchev–Trinajstić information content (AvgIpc) is 2.89. The number of pyridine rings is 1. The molecule has 2 N–H and O–H groups in total. The fraction of sp³-hybridized carbons (Fsp3) is 0.185. The number of ether oxygens (including phenoxy) is 1. The first kappa shape index (κ1) is 23.4. The molecular weight excluding hydrogens is 459 g/mol. The van der Waals surface area contributed by atoms with Crippen LogP contribution in [0.5, 0.6) is 0 Å². The van der Waals surface area contributed by atoms with Crippen molar-refractivity contribution in [2.45, 2.75) is 6.92 Å². The summed E-state index contributed by atoms with van der Waals surface area (Å²) in [6, 6.07) is 17.3. The van der Waals surface area contributed by atoms with Crippen molar-refractivity contribution in [2.24, 2.45) is 0 Å². The molecule has 1 amide bonds. The van der Waals surface area contributed by atoms with Crippen molar-refractivity contribution in [3.05, 3.63) is 78.9 Å². The summed E-state index contributed by atoms with van der Waals surface area (Å²) in [5, 5.41) is 6.78. The van der Waals surface area contributed by atoms with Crippen LogP contribution < -0.4 is 15.5 Å². The molecule has 1 saturated heterocycles. The Morgan fingerprint density at radius 2 is 1.86 bits per heavy atom. The van der Waals surface area contributed by atoms with E-state index >= 15 is 0 Å². The Morgan fingerprint density at radius 1 is 1.06 bits per heavy atom. The van der Waals surface area contributed by atoms with Gasteiger partial charge in [-0.25, -0.2) is 14.4 Å². The lowest BCUT2D eigenvalue weighted by Crippen LogP contribution is -2.36. The fourth-order valence-corrected chi connectivity index (χ4v) is 4.04. The Hall–Kier alpha value is -4.37. The third-order valence-corrected chi connectivity index (χ3v) is 5.74. The first-order valence-electron chi connectivity index (χ1n) is 11.6. The van der Waals surface area contributed by atoms with E-state index in [2.05, 4.69) is 37.6 Å². The van der Waals surface area contributed by atoms with Crippen molar-refractivity contribution in [3.63, 3.8) is 0 Å². The second-order valence-corrected chi connectivity index (χ2v) is 8.36. The summed E-state index contributed by atoms with van der Waals surface area (Å²) in [6.07, 6.45) is 4.25. The summed E-state index contributed by atoms with van der Waals surface area (Å²) < 4.78 is 18.5. The maximum absolute atomic E-state index is 13.0. The van der Waals surface area contributed by atoms with Crippen LogP contribution in [0.15, 0.2) is 78.9 Å². The van der Waals surface area contributed by atoms with Crippen LogP contribution in [0.4, 0.5) is 27.4 Å². The smallest absolute Gasteiger partial charge is 0.250 e. The Balaban J connectivity index is 1.39. The van der Waals surface area contributed by atoms with E-state index in [4.69, 9.17) is 9.72 Å². The quantitative estimate of drug-likeness (QED) is 0.369. The molecule has 0 atom stereocenters. The molecule has 1 fully saturated rings. The van der Waals surface area contributed by atoms with Gasteiger partial charge in [0.2, 0.25) is 5.95 Å². The minimum Gasteiger partial charge on any atom is -0.378 e. The normalized spacial score (nSPS) is 14.1. The first-order valence-corrected chi connectivity index (χ1v) is 11.6. The van der Waals surface area contributed by atoms with Crippen LogP contribution in [0.1, 0.15) is 6.92 Å². The van der Waals surface area contributed by atoms with Gasteiger partial charge in [-0.1, -0.05) is 18.2 Å². The summed E-state index contributed by atoms with van der Waals surface area (Å²) in [6.45, 7) is 4.47. The van der Waals surface area contributed by atoms with Gasteiger partial charge in [-0.15, -0.1) is 0 Å². The molecule has 2 aromatic carbocycles. The van der Waals surface area contributed by atoms with Crippen molar-refractivity contribution in [3.8, 4) is 11.3 Å². The van der Waals surface area contributed by atoms with Crippen LogP contribution in [0.2, 0.25) is 0 Å². The number of amides is 1. The van der Waals surface area contributed by atoms with Crippen molar-refractivity contribution in [2.75, 3.05) is 41.8 Å². The van der Waals surface area contributed by atoms with E-state index in [0.717, 1.165) is 60.2 Å². The number of benzene rings is 2. The van der Waals surface area contributed by atoms with Crippen LogP contribution in [0.3, 0.4) is 0 Å². The van der Waals surface area contributed by atoms with E-state index in [-0.39, 0.29) is 0 Å². The van der Waals surface area contributed by atoms with Crippen LogP contribution >= 0.6 is 0 Å². The Morgan fingerprint density at radius 3 is 2.64 bits per heavy atom. The van der Waals surface area contributed by atoms with E-state index in [1.54, 1.807) is 24.5 Å². The number of halogens is 1. The minimum absolute atomic E-state index is 0.460. The van der Waals surface area contributed by atoms with Gasteiger partial charge in [0.25, 0.3) is 5.91 Å². The molecule has 8 nitrogen and oxygen atoms in total. The second-order valence-electron chi connectivity index (χ2n) is 8.36. The third kappa shape index (κ3) is 5.47. The number of para-hydroxylation sites is 1. The third-order valence-electron chi connectivity index (χ3n) is 5.74. The SMILES string of the molecule is C/C(F)=C\C(=O)Nc1ccnc(-c2cccc3cnc(Nc4ccc(N5CCOCC5)cc4)nc23)c1. The standard InChI is InChI=1S/C27H25FN6O2/c1-18(28)15-25(35)31-21-9-10-29-24(16-21)23-4-2-3-19-17-30-27(33-26(19)23)32-20-5-7-22(8-6-20)34-11-13-36-14-12-34/h2-10,15-17H,11-14H2,1H3,(H,29,31,35)(H,30,32,33)/b18-15+. The van der Waals surface area contributed by atoms with E-state index in [9.17, 15) is 9.18 Å². The largest absolute Gasteiger partial charge is 0.378 e. The molecule has 182 valence electrons. The van der Waals surface area contributed by atoms with Crippen molar-refractivity contribution < 1.29 is 13.9 Å². The van der Waals surface area contributed by atoms with E-state index < -0.39 is 11.7 Å². The van der Waals surface area contributed by atoms with Crippen LogP contribution in [0.25, 0.3) is 22.2 Å². The molecule has 2 aromatic heterocycles. The summed E-state index contributed by atoms with van der Waals surface area (Å²) in [5.41, 5.74) is 4.67. The topological polar surface area (TPSA) is 92.3 Å². The van der Waals surface area contributed by atoms with Crippen molar-refractivity contribution in [1.29, 1.82) is 0 Å². The predicted molar refractivity (Wildman–Crippen MR) is 139 cm³/mol. The summed E-state index contributed by atoms with van der Waals surface area (Å²) in [7, 11) is 0. The number of nitrogens with one attached hydrogen (secondary N) is 2. The molecule has 0 spiro atoms.